The fourth-order valence-electron chi connectivity index (χ4n) is 2.65. The standard InChI is InChI=1S/C19H36N4O4S/c1-8-28-16(20-14(4)21-17(24)26-13(2)3)23-11-9-15(10-12-23)22-18(25)27-19(5,6)7/h13-15H,8-12H2,1-7H3,(H,21,24)(H,22,25). The number of likely N-dealkylation sites (tertiary alicyclic amines) is 1. The van der Waals surface area contributed by atoms with Crippen LogP contribution in [0, 0.1) is 0 Å². The molecule has 2 amide bonds. The quantitative estimate of drug-likeness (QED) is 0.526. The Bertz CT molecular complexity index is 541. The molecule has 28 heavy (non-hydrogen) atoms. The molecule has 0 radical (unpaired) electrons. The Hall–Kier alpha value is -1.64. The Morgan fingerprint density at radius 2 is 1.79 bits per heavy atom. The first-order valence-corrected chi connectivity index (χ1v) is 10.9. The smallest absolute Gasteiger partial charge is 0.409 e. The highest BCUT2D eigenvalue weighted by molar-refractivity contribution is 8.13. The number of carbonyl (C=O) groups excluding carboxylic acids is 2. The maximum Gasteiger partial charge on any atom is 0.409 e. The molecule has 1 rings (SSSR count). The molecule has 0 spiro atoms. The number of amides is 2. The molecule has 0 aromatic rings. The molecule has 0 aliphatic carbocycles. The molecule has 1 heterocycles. The minimum atomic E-state index is -0.498. The predicted molar refractivity (Wildman–Crippen MR) is 114 cm³/mol. The van der Waals surface area contributed by atoms with E-state index in [0.29, 0.717) is 0 Å². The van der Waals surface area contributed by atoms with Gasteiger partial charge in [-0.2, -0.15) is 0 Å². The van der Waals surface area contributed by atoms with E-state index in [1.807, 2.05) is 27.7 Å². The first kappa shape index (κ1) is 24.4. The van der Waals surface area contributed by atoms with E-state index in [2.05, 4.69) is 27.4 Å². The van der Waals surface area contributed by atoms with Crippen LogP contribution >= 0.6 is 11.8 Å². The van der Waals surface area contributed by atoms with Gasteiger partial charge in [0.25, 0.3) is 0 Å². The lowest BCUT2D eigenvalue weighted by molar-refractivity contribution is 0.0488. The molecule has 0 bridgehead atoms. The van der Waals surface area contributed by atoms with Crippen LogP contribution in [0.3, 0.4) is 0 Å². The third-order valence-corrected chi connectivity index (χ3v) is 4.64. The molecule has 162 valence electrons. The van der Waals surface area contributed by atoms with E-state index >= 15 is 0 Å². The van der Waals surface area contributed by atoms with Crippen LogP contribution in [0.2, 0.25) is 0 Å². The number of rotatable bonds is 5. The van der Waals surface area contributed by atoms with Crippen LogP contribution in [-0.2, 0) is 9.47 Å². The summed E-state index contributed by atoms with van der Waals surface area (Å²) in [6.45, 7) is 14.6. The minimum absolute atomic E-state index is 0.0931. The van der Waals surface area contributed by atoms with E-state index in [1.54, 1.807) is 25.6 Å². The van der Waals surface area contributed by atoms with Crippen LogP contribution in [-0.4, -0.2) is 65.0 Å². The Labute approximate surface area is 173 Å². The molecule has 1 atom stereocenters. The Balaban J connectivity index is 2.57. The fourth-order valence-corrected chi connectivity index (χ4v) is 3.50. The largest absolute Gasteiger partial charge is 0.447 e. The molecule has 1 aliphatic heterocycles. The van der Waals surface area contributed by atoms with Gasteiger partial charge in [0, 0.05) is 19.1 Å². The van der Waals surface area contributed by atoms with Gasteiger partial charge in [0.2, 0.25) is 0 Å². The van der Waals surface area contributed by atoms with Gasteiger partial charge >= 0.3 is 12.2 Å². The summed E-state index contributed by atoms with van der Waals surface area (Å²) in [5.74, 6) is 0.887. The topological polar surface area (TPSA) is 92.3 Å². The summed E-state index contributed by atoms with van der Waals surface area (Å²) in [7, 11) is 0. The second kappa shape index (κ2) is 11.4. The number of ether oxygens (including phenoxy) is 2. The number of hydrogen-bond acceptors (Lipinski definition) is 6. The summed E-state index contributed by atoms with van der Waals surface area (Å²) < 4.78 is 10.4. The average molecular weight is 417 g/mol. The van der Waals surface area contributed by atoms with Crippen molar-refractivity contribution in [2.45, 2.75) is 85.2 Å². The van der Waals surface area contributed by atoms with E-state index in [1.165, 1.54) is 0 Å². The van der Waals surface area contributed by atoms with Crippen LogP contribution in [0.1, 0.15) is 61.3 Å². The maximum absolute atomic E-state index is 11.9. The number of alkyl carbamates (subject to hydrolysis) is 2. The zero-order chi connectivity index (χ0) is 21.3. The van der Waals surface area contributed by atoms with Gasteiger partial charge in [-0.25, -0.2) is 14.6 Å². The van der Waals surface area contributed by atoms with Crippen molar-refractivity contribution in [1.29, 1.82) is 0 Å². The summed E-state index contributed by atoms with van der Waals surface area (Å²) in [5.41, 5.74) is -0.498. The number of thioether (sulfide) groups is 1. The van der Waals surface area contributed by atoms with Gasteiger partial charge in [0.15, 0.2) is 5.17 Å². The first-order valence-electron chi connectivity index (χ1n) is 9.92. The SMILES string of the molecule is CCSC(=NC(C)NC(=O)OC(C)C)N1CCC(NC(=O)OC(C)(C)C)CC1. The number of aliphatic imine (C=N–C) groups is 1. The molecule has 1 unspecified atom stereocenters. The average Bonchev–Trinajstić information content (AvgIpc) is 2.52. The minimum Gasteiger partial charge on any atom is -0.447 e. The lowest BCUT2D eigenvalue weighted by Crippen LogP contribution is -2.47. The first-order chi connectivity index (χ1) is 13.0. The van der Waals surface area contributed by atoms with Gasteiger partial charge in [0.05, 0.1) is 6.10 Å². The van der Waals surface area contributed by atoms with Crippen molar-refractivity contribution in [2.24, 2.45) is 4.99 Å². The van der Waals surface area contributed by atoms with Crippen LogP contribution in [0.25, 0.3) is 0 Å². The van der Waals surface area contributed by atoms with Crippen LogP contribution in [0.15, 0.2) is 4.99 Å². The molecule has 0 aromatic heterocycles. The van der Waals surface area contributed by atoms with Crippen LogP contribution < -0.4 is 10.6 Å². The molecule has 1 aliphatic rings. The zero-order valence-electron chi connectivity index (χ0n) is 18.2. The summed E-state index contributed by atoms with van der Waals surface area (Å²) in [6, 6.07) is 0.0931. The van der Waals surface area contributed by atoms with Crippen LogP contribution in [0.4, 0.5) is 9.59 Å². The monoisotopic (exact) mass is 416 g/mol. The van der Waals surface area contributed by atoms with Crippen LogP contribution in [0.5, 0.6) is 0 Å². The highest BCUT2D eigenvalue weighted by atomic mass is 32.2. The van der Waals surface area contributed by atoms with Gasteiger partial charge < -0.3 is 19.7 Å². The Kier molecular flexibility index (Phi) is 9.92. The molecule has 8 nitrogen and oxygen atoms in total. The van der Waals surface area contributed by atoms with Gasteiger partial charge in [0.1, 0.15) is 11.8 Å². The molecule has 9 heteroatoms. The Morgan fingerprint density at radius 3 is 2.29 bits per heavy atom. The lowest BCUT2D eigenvalue weighted by atomic mass is 10.1. The van der Waals surface area contributed by atoms with E-state index in [4.69, 9.17) is 9.47 Å². The molecular weight excluding hydrogens is 380 g/mol. The summed E-state index contributed by atoms with van der Waals surface area (Å²) >= 11 is 1.65. The van der Waals surface area contributed by atoms with E-state index in [0.717, 1.165) is 36.9 Å². The van der Waals surface area contributed by atoms with Gasteiger partial charge in [-0.1, -0.05) is 18.7 Å². The fraction of sp³-hybridized carbons (Fsp3) is 0.842. The summed E-state index contributed by atoms with van der Waals surface area (Å²) in [6.07, 6.45) is 0.256. The van der Waals surface area contributed by atoms with Crippen molar-refractivity contribution in [2.75, 3.05) is 18.8 Å². The van der Waals surface area contributed by atoms with Gasteiger partial charge in [-0.15, -0.1) is 0 Å². The highest BCUT2D eigenvalue weighted by Crippen LogP contribution is 2.18. The molecule has 1 fully saturated rings. The molecule has 0 saturated carbocycles. The predicted octanol–water partition coefficient (Wildman–Crippen LogP) is 3.57. The van der Waals surface area contributed by atoms with E-state index in [9.17, 15) is 9.59 Å². The molecule has 0 aromatic carbocycles. The van der Waals surface area contributed by atoms with Crippen molar-refractivity contribution >= 4 is 29.1 Å². The summed E-state index contributed by atoms with van der Waals surface area (Å²) in [5, 5.41) is 6.58. The number of nitrogens with one attached hydrogen (secondary N) is 2. The number of carbonyl (C=O) groups is 2. The van der Waals surface area contributed by atoms with E-state index in [-0.39, 0.29) is 24.4 Å². The molecular formula is C19H36N4O4S. The second-order valence-corrected chi connectivity index (χ2v) is 9.26. The van der Waals surface area contributed by atoms with Crippen molar-refractivity contribution in [3.8, 4) is 0 Å². The lowest BCUT2D eigenvalue weighted by Gasteiger charge is -2.34. The normalized spacial score (nSPS) is 17.3. The second-order valence-electron chi connectivity index (χ2n) is 8.03. The third-order valence-electron chi connectivity index (χ3n) is 3.73. The maximum atomic E-state index is 11.9. The molecule has 1 saturated heterocycles. The Morgan fingerprint density at radius 1 is 1.18 bits per heavy atom. The summed E-state index contributed by atoms with van der Waals surface area (Å²) in [4.78, 5) is 30.5. The zero-order valence-corrected chi connectivity index (χ0v) is 19.0. The number of piperidine rings is 1. The number of amidine groups is 1. The number of hydrogen-bond donors (Lipinski definition) is 2. The molecule has 2 N–H and O–H groups in total. The van der Waals surface area contributed by atoms with Crippen molar-refractivity contribution < 1.29 is 19.1 Å². The van der Waals surface area contributed by atoms with Gasteiger partial charge in [-0.05, 0) is 60.1 Å². The highest BCUT2D eigenvalue weighted by Gasteiger charge is 2.25. The third kappa shape index (κ3) is 10.1. The van der Waals surface area contributed by atoms with Gasteiger partial charge in [-0.3, -0.25) is 5.32 Å². The van der Waals surface area contributed by atoms with Crippen molar-refractivity contribution in [1.82, 2.24) is 15.5 Å². The van der Waals surface area contributed by atoms with Crippen molar-refractivity contribution in [3.63, 3.8) is 0 Å². The van der Waals surface area contributed by atoms with E-state index < -0.39 is 11.7 Å². The van der Waals surface area contributed by atoms with Crippen molar-refractivity contribution in [3.05, 3.63) is 0 Å². The number of nitrogens with zero attached hydrogens (tertiary/aromatic N) is 2.